The zero-order valence-corrected chi connectivity index (χ0v) is 15.2. The van der Waals surface area contributed by atoms with Crippen molar-refractivity contribution in [2.45, 2.75) is 49.4 Å². The van der Waals surface area contributed by atoms with Crippen molar-refractivity contribution in [3.63, 3.8) is 0 Å². The van der Waals surface area contributed by atoms with Gasteiger partial charge in [0.15, 0.2) is 0 Å². The van der Waals surface area contributed by atoms with Crippen molar-refractivity contribution in [1.29, 1.82) is 0 Å². The van der Waals surface area contributed by atoms with Gasteiger partial charge in [-0.3, -0.25) is 0 Å². The Hall–Kier alpha value is -1.44. The van der Waals surface area contributed by atoms with Crippen LogP contribution < -0.4 is 8.92 Å². The van der Waals surface area contributed by atoms with E-state index >= 15 is 0 Å². The molecule has 4 saturated carbocycles. The Labute approximate surface area is 150 Å². The van der Waals surface area contributed by atoms with E-state index in [4.69, 9.17) is 4.74 Å². The van der Waals surface area contributed by atoms with Gasteiger partial charge in [0.2, 0.25) is 0 Å². The Kier molecular flexibility index (Phi) is 3.99. The second-order valence-corrected chi connectivity index (χ2v) is 9.58. The van der Waals surface area contributed by atoms with Gasteiger partial charge in [-0.2, -0.15) is 21.6 Å². The van der Waals surface area contributed by atoms with Crippen LogP contribution in [0.3, 0.4) is 0 Å². The van der Waals surface area contributed by atoms with Crippen LogP contribution >= 0.6 is 0 Å². The fourth-order valence-electron chi connectivity index (χ4n) is 5.73. The number of alkyl halides is 3. The highest BCUT2D eigenvalue weighted by molar-refractivity contribution is 7.88. The second kappa shape index (κ2) is 5.78. The van der Waals surface area contributed by atoms with E-state index in [0.29, 0.717) is 29.1 Å². The first-order chi connectivity index (χ1) is 12.1. The smallest absolute Gasteiger partial charge is 0.497 e. The highest BCUT2D eigenvalue weighted by atomic mass is 32.2. The van der Waals surface area contributed by atoms with Crippen molar-refractivity contribution in [1.82, 2.24) is 0 Å². The summed E-state index contributed by atoms with van der Waals surface area (Å²) in [5.74, 6) is 1.94. The summed E-state index contributed by atoms with van der Waals surface area (Å²) >= 11 is 0. The lowest BCUT2D eigenvalue weighted by atomic mass is 9.48. The lowest BCUT2D eigenvalue weighted by Gasteiger charge is -2.57. The van der Waals surface area contributed by atoms with Gasteiger partial charge in [-0.05, 0) is 79.9 Å². The molecule has 0 aromatic heterocycles. The maximum Gasteiger partial charge on any atom is 0.534 e. The third-order valence-corrected chi connectivity index (χ3v) is 7.25. The molecule has 0 aliphatic heterocycles. The van der Waals surface area contributed by atoms with Crippen molar-refractivity contribution < 1.29 is 30.5 Å². The molecule has 0 amide bonds. The van der Waals surface area contributed by atoms with Crippen molar-refractivity contribution in [3.8, 4) is 11.5 Å². The SMILES string of the molecule is COc1ccc(OS(=O)(=O)C(F)(F)F)c(C23CC4CC(CC(C4)C2)C3)c1. The van der Waals surface area contributed by atoms with Gasteiger partial charge in [0, 0.05) is 5.56 Å². The van der Waals surface area contributed by atoms with E-state index in [-0.39, 0.29) is 11.2 Å². The van der Waals surface area contributed by atoms with Gasteiger partial charge in [-0.15, -0.1) is 0 Å². The van der Waals surface area contributed by atoms with Crippen LogP contribution in [0.15, 0.2) is 18.2 Å². The van der Waals surface area contributed by atoms with Gasteiger partial charge in [0.05, 0.1) is 7.11 Å². The van der Waals surface area contributed by atoms with E-state index in [9.17, 15) is 21.6 Å². The zero-order chi connectivity index (χ0) is 18.7. The molecule has 5 rings (SSSR count). The molecule has 4 aliphatic carbocycles. The van der Waals surface area contributed by atoms with Crippen LogP contribution in [-0.4, -0.2) is 21.0 Å². The van der Waals surface area contributed by atoms with Crippen LogP contribution in [-0.2, 0) is 15.5 Å². The highest BCUT2D eigenvalue weighted by Crippen LogP contribution is 2.62. The molecule has 0 heterocycles. The lowest BCUT2D eigenvalue weighted by Crippen LogP contribution is -2.48. The van der Waals surface area contributed by atoms with E-state index in [1.807, 2.05) is 0 Å². The third kappa shape index (κ3) is 2.86. The number of ether oxygens (including phenoxy) is 1. The van der Waals surface area contributed by atoms with Crippen molar-refractivity contribution in [2.75, 3.05) is 7.11 Å². The number of benzene rings is 1. The zero-order valence-electron chi connectivity index (χ0n) is 14.4. The van der Waals surface area contributed by atoms with E-state index in [1.165, 1.54) is 38.5 Å². The Bertz CT molecular complexity index is 781. The average molecular weight is 390 g/mol. The molecule has 0 radical (unpaired) electrons. The number of halogens is 3. The largest absolute Gasteiger partial charge is 0.534 e. The molecule has 1 aromatic carbocycles. The predicted octanol–water partition coefficient (Wildman–Crippen LogP) is 4.39. The summed E-state index contributed by atoms with van der Waals surface area (Å²) in [7, 11) is -4.23. The molecule has 0 saturated heterocycles. The van der Waals surface area contributed by atoms with Crippen molar-refractivity contribution in [3.05, 3.63) is 23.8 Å². The van der Waals surface area contributed by atoms with E-state index in [0.717, 1.165) is 19.3 Å². The summed E-state index contributed by atoms with van der Waals surface area (Å²) in [5, 5.41) is 0. The molecule has 4 bridgehead atoms. The molecule has 0 spiro atoms. The molecule has 0 N–H and O–H groups in total. The third-order valence-electron chi connectivity index (χ3n) is 6.28. The summed E-state index contributed by atoms with van der Waals surface area (Å²) in [6.45, 7) is 0. The average Bonchev–Trinajstić information content (AvgIpc) is 2.52. The normalized spacial score (nSPS) is 33.3. The van der Waals surface area contributed by atoms with Crippen LogP contribution in [0.2, 0.25) is 0 Å². The van der Waals surface area contributed by atoms with Crippen LogP contribution in [0.1, 0.15) is 44.1 Å². The number of methoxy groups -OCH3 is 1. The summed E-state index contributed by atoms with van der Waals surface area (Å²) in [4.78, 5) is 0. The lowest BCUT2D eigenvalue weighted by molar-refractivity contribution is -0.0502. The molecule has 8 heteroatoms. The minimum Gasteiger partial charge on any atom is -0.497 e. The van der Waals surface area contributed by atoms with E-state index in [2.05, 4.69) is 4.18 Å². The van der Waals surface area contributed by atoms with Crippen LogP contribution in [0.5, 0.6) is 11.5 Å². The Morgan fingerprint density at radius 2 is 1.58 bits per heavy atom. The predicted molar refractivity (Wildman–Crippen MR) is 88.4 cm³/mol. The molecular weight excluding hydrogens is 369 g/mol. The van der Waals surface area contributed by atoms with Gasteiger partial charge >= 0.3 is 15.6 Å². The minimum absolute atomic E-state index is 0.218. The monoisotopic (exact) mass is 390 g/mol. The van der Waals surface area contributed by atoms with Crippen LogP contribution in [0.25, 0.3) is 0 Å². The molecule has 4 aliphatic rings. The molecule has 4 fully saturated rings. The van der Waals surface area contributed by atoms with Gasteiger partial charge in [-0.1, -0.05) is 0 Å². The Balaban J connectivity index is 1.78. The minimum atomic E-state index is -5.71. The summed E-state index contributed by atoms with van der Waals surface area (Å²) in [5.41, 5.74) is -5.23. The van der Waals surface area contributed by atoms with Crippen LogP contribution in [0.4, 0.5) is 13.2 Å². The quantitative estimate of drug-likeness (QED) is 0.565. The number of hydrogen-bond acceptors (Lipinski definition) is 4. The van der Waals surface area contributed by atoms with Gasteiger partial charge in [-0.25, -0.2) is 0 Å². The number of hydrogen-bond donors (Lipinski definition) is 0. The first kappa shape index (κ1) is 17.9. The maximum absolute atomic E-state index is 12.8. The fraction of sp³-hybridized carbons (Fsp3) is 0.667. The highest BCUT2D eigenvalue weighted by Gasteiger charge is 2.54. The molecule has 1 aromatic rings. The second-order valence-electron chi connectivity index (χ2n) is 8.04. The van der Waals surface area contributed by atoms with E-state index in [1.54, 1.807) is 6.07 Å². The van der Waals surface area contributed by atoms with Crippen molar-refractivity contribution in [2.24, 2.45) is 17.8 Å². The molecular formula is C18H21F3O4S. The fourth-order valence-corrected chi connectivity index (χ4v) is 6.21. The molecule has 26 heavy (non-hydrogen) atoms. The molecule has 0 atom stereocenters. The summed E-state index contributed by atoms with van der Waals surface area (Å²) in [6.07, 6.45) is 6.11. The maximum atomic E-state index is 12.8. The molecule has 0 unspecified atom stereocenters. The van der Waals surface area contributed by atoms with Crippen LogP contribution in [0, 0.1) is 17.8 Å². The van der Waals surface area contributed by atoms with Gasteiger partial charge < -0.3 is 8.92 Å². The summed E-state index contributed by atoms with van der Waals surface area (Å²) < 4.78 is 71.4. The Morgan fingerprint density at radius 1 is 1.04 bits per heavy atom. The Morgan fingerprint density at radius 3 is 2.04 bits per heavy atom. The first-order valence-electron chi connectivity index (χ1n) is 8.81. The van der Waals surface area contributed by atoms with Gasteiger partial charge in [0.25, 0.3) is 0 Å². The standard InChI is InChI=1S/C18H21F3O4S/c1-24-14-2-3-16(25-26(22,23)18(19,20)21)15(7-14)17-8-11-4-12(9-17)6-13(5-11)10-17/h2-3,7,11-13H,4-6,8-10H2,1H3. The van der Waals surface area contributed by atoms with Gasteiger partial charge in [0.1, 0.15) is 11.5 Å². The van der Waals surface area contributed by atoms with Crippen molar-refractivity contribution >= 4 is 10.1 Å². The molecule has 144 valence electrons. The number of rotatable bonds is 4. The molecule has 4 nitrogen and oxygen atoms in total. The van der Waals surface area contributed by atoms with E-state index < -0.39 is 15.6 Å². The summed E-state index contributed by atoms with van der Waals surface area (Å²) in [6, 6.07) is 4.38. The topological polar surface area (TPSA) is 52.6 Å². The first-order valence-corrected chi connectivity index (χ1v) is 10.2.